The molecule has 4 rings (SSSR count). The van der Waals surface area contributed by atoms with Crippen molar-refractivity contribution >= 4 is 39.6 Å². The number of aromatic amines is 1. The number of fused-ring (bicyclic) bond motifs is 3. The van der Waals surface area contributed by atoms with E-state index < -0.39 is 0 Å². The van der Waals surface area contributed by atoms with Crippen LogP contribution in [-0.4, -0.2) is 38.3 Å². The smallest absolute Gasteiger partial charge is 0.211 e. The van der Waals surface area contributed by atoms with E-state index in [9.17, 15) is 4.79 Å². The zero-order valence-corrected chi connectivity index (χ0v) is 15.1. The predicted octanol–water partition coefficient (Wildman–Crippen LogP) is 3.88. The van der Waals surface area contributed by atoms with Gasteiger partial charge in [0.25, 0.3) is 0 Å². The quantitative estimate of drug-likeness (QED) is 0.428. The highest BCUT2D eigenvalue weighted by molar-refractivity contribution is 8.00. The van der Waals surface area contributed by atoms with E-state index in [2.05, 4.69) is 20.2 Å². The van der Waals surface area contributed by atoms with E-state index in [0.717, 1.165) is 22.2 Å². The molecule has 0 radical (unpaired) electrons. The van der Waals surface area contributed by atoms with Gasteiger partial charge in [-0.2, -0.15) is 0 Å². The zero-order valence-electron chi connectivity index (χ0n) is 14.3. The van der Waals surface area contributed by atoms with Crippen molar-refractivity contribution in [2.75, 3.05) is 7.11 Å². The molecular weight excluding hydrogens is 348 g/mol. The Labute approximate surface area is 154 Å². The van der Waals surface area contributed by atoms with Crippen LogP contribution < -0.4 is 4.74 Å². The third-order valence-electron chi connectivity index (χ3n) is 4.13. The van der Waals surface area contributed by atoms with Gasteiger partial charge in [0, 0.05) is 16.5 Å². The maximum absolute atomic E-state index is 12.6. The highest BCUT2D eigenvalue weighted by Crippen LogP contribution is 2.26. The molecule has 2 aromatic carbocycles. The Hall–Kier alpha value is -2.93. The third-order valence-corrected chi connectivity index (χ3v) is 5.08. The van der Waals surface area contributed by atoms with Crippen LogP contribution in [0.25, 0.3) is 22.1 Å². The summed E-state index contributed by atoms with van der Waals surface area (Å²) in [7, 11) is 1.60. The van der Waals surface area contributed by atoms with E-state index in [0.29, 0.717) is 16.4 Å². The molecular formula is C19H16N4O2S. The number of Topliss-reactive ketones (excluding diaryl/α,β-unsaturated/α-hetero) is 1. The molecule has 0 fully saturated rings. The van der Waals surface area contributed by atoms with Gasteiger partial charge in [-0.3, -0.25) is 4.79 Å². The number of H-pyrrole nitrogens is 1. The molecule has 0 aliphatic carbocycles. The number of hydrogen-bond donors (Lipinski definition) is 1. The molecule has 0 saturated heterocycles. The number of thioether (sulfide) groups is 1. The molecule has 0 amide bonds. The molecule has 0 unspecified atom stereocenters. The minimum absolute atomic E-state index is 0.0120. The Bertz CT molecular complexity index is 1090. The van der Waals surface area contributed by atoms with Crippen LogP contribution in [0, 0.1) is 0 Å². The van der Waals surface area contributed by atoms with Gasteiger partial charge in [0.1, 0.15) is 11.3 Å². The number of ether oxygens (including phenoxy) is 1. The van der Waals surface area contributed by atoms with Gasteiger partial charge in [-0.1, -0.05) is 30.0 Å². The molecule has 4 aromatic rings. The molecule has 130 valence electrons. The molecule has 0 aliphatic rings. The monoisotopic (exact) mass is 364 g/mol. The summed E-state index contributed by atoms with van der Waals surface area (Å²) in [6.45, 7) is 1.84. The highest BCUT2D eigenvalue weighted by atomic mass is 32.2. The van der Waals surface area contributed by atoms with Crippen molar-refractivity contribution in [3.05, 3.63) is 54.1 Å². The van der Waals surface area contributed by atoms with E-state index >= 15 is 0 Å². The molecule has 1 atom stereocenters. The number of nitrogens with zero attached hydrogens (tertiary/aromatic N) is 3. The van der Waals surface area contributed by atoms with Crippen LogP contribution in [0.4, 0.5) is 0 Å². The number of rotatable bonds is 5. The summed E-state index contributed by atoms with van der Waals surface area (Å²) < 4.78 is 5.12. The van der Waals surface area contributed by atoms with Gasteiger partial charge in [-0.05, 0) is 37.3 Å². The summed E-state index contributed by atoms with van der Waals surface area (Å²) in [5, 5.41) is 9.60. The first-order valence-corrected chi connectivity index (χ1v) is 9.00. The standard InChI is InChI=1S/C19H16N4O2S/c1-11(17(24)12-7-9-13(25-2)10-8-12)26-19-21-18-16(22-23-19)14-5-3-4-6-15(14)20-18/h3-11H,1-2H3,(H,20,21,23)/t11-/m0/s1. The van der Waals surface area contributed by atoms with Gasteiger partial charge in [0.15, 0.2) is 11.4 Å². The molecule has 1 N–H and O–H groups in total. The lowest BCUT2D eigenvalue weighted by atomic mass is 10.1. The summed E-state index contributed by atoms with van der Waals surface area (Å²) in [6.07, 6.45) is 0. The number of carbonyl (C=O) groups excluding carboxylic acids is 1. The highest BCUT2D eigenvalue weighted by Gasteiger charge is 2.19. The van der Waals surface area contributed by atoms with Gasteiger partial charge < -0.3 is 9.72 Å². The number of carbonyl (C=O) groups is 1. The van der Waals surface area contributed by atoms with Gasteiger partial charge in [-0.15, -0.1) is 10.2 Å². The van der Waals surface area contributed by atoms with Crippen LogP contribution in [0.1, 0.15) is 17.3 Å². The SMILES string of the molecule is COc1ccc(C(=O)[C@H](C)Sc2nnc3c(n2)[nH]c2ccccc23)cc1. The fourth-order valence-corrected chi connectivity index (χ4v) is 3.55. The maximum Gasteiger partial charge on any atom is 0.211 e. The van der Waals surface area contributed by atoms with Gasteiger partial charge in [-0.25, -0.2) is 4.98 Å². The Morgan fingerprint density at radius 1 is 1.12 bits per heavy atom. The molecule has 0 bridgehead atoms. The average molecular weight is 364 g/mol. The average Bonchev–Trinajstić information content (AvgIpc) is 3.05. The fraction of sp³-hybridized carbons (Fsp3) is 0.158. The van der Waals surface area contributed by atoms with Gasteiger partial charge in [0.05, 0.1) is 12.4 Å². The van der Waals surface area contributed by atoms with Crippen molar-refractivity contribution in [1.29, 1.82) is 0 Å². The molecule has 2 aromatic heterocycles. The normalized spacial score (nSPS) is 12.4. The number of hydrogen-bond acceptors (Lipinski definition) is 6. The van der Waals surface area contributed by atoms with Crippen LogP contribution >= 0.6 is 11.8 Å². The summed E-state index contributed by atoms with van der Waals surface area (Å²) in [5.41, 5.74) is 3.01. The predicted molar refractivity (Wildman–Crippen MR) is 102 cm³/mol. The maximum atomic E-state index is 12.6. The van der Waals surface area contributed by atoms with Crippen LogP contribution in [0.5, 0.6) is 5.75 Å². The van der Waals surface area contributed by atoms with Crippen molar-refractivity contribution in [1.82, 2.24) is 20.2 Å². The van der Waals surface area contributed by atoms with Crippen molar-refractivity contribution in [3.8, 4) is 5.75 Å². The molecule has 26 heavy (non-hydrogen) atoms. The first-order chi connectivity index (χ1) is 12.7. The van der Waals surface area contributed by atoms with E-state index in [-0.39, 0.29) is 11.0 Å². The first-order valence-electron chi connectivity index (χ1n) is 8.12. The van der Waals surface area contributed by atoms with E-state index in [1.54, 1.807) is 31.4 Å². The van der Waals surface area contributed by atoms with Gasteiger partial charge >= 0.3 is 0 Å². The van der Waals surface area contributed by atoms with Crippen molar-refractivity contribution in [2.24, 2.45) is 0 Å². The lowest BCUT2D eigenvalue weighted by Gasteiger charge is -2.09. The lowest BCUT2D eigenvalue weighted by Crippen LogP contribution is -2.14. The fourth-order valence-electron chi connectivity index (χ4n) is 2.76. The summed E-state index contributed by atoms with van der Waals surface area (Å²) >= 11 is 1.30. The third kappa shape index (κ3) is 3.01. The molecule has 6 nitrogen and oxygen atoms in total. The van der Waals surface area contributed by atoms with Crippen molar-refractivity contribution < 1.29 is 9.53 Å². The Kier molecular flexibility index (Phi) is 4.30. The second-order valence-corrected chi connectivity index (χ2v) is 7.12. The summed E-state index contributed by atoms with van der Waals surface area (Å²) in [4.78, 5) is 20.4. The van der Waals surface area contributed by atoms with E-state index in [1.165, 1.54) is 11.8 Å². The van der Waals surface area contributed by atoms with Crippen LogP contribution in [0.2, 0.25) is 0 Å². The van der Waals surface area contributed by atoms with Crippen molar-refractivity contribution in [2.45, 2.75) is 17.3 Å². The molecule has 2 heterocycles. The second kappa shape index (κ2) is 6.76. The molecule has 0 spiro atoms. The van der Waals surface area contributed by atoms with Crippen molar-refractivity contribution in [3.63, 3.8) is 0 Å². The Morgan fingerprint density at radius 3 is 2.65 bits per heavy atom. The summed E-state index contributed by atoms with van der Waals surface area (Å²) in [6, 6.07) is 14.9. The number of ketones is 1. The van der Waals surface area contributed by atoms with E-state index in [4.69, 9.17) is 4.74 Å². The lowest BCUT2D eigenvalue weighted by molar-refractivity contribution is 0.0994. The molecule has 0 saturated carbocycles. The number of methoxy groups -OCH3 is 1. The van der Waals surface area contributed by atoms with Crippen LogP contribution in [0.3, 0.4) is 0 Å². The Morgan fingerprint density at radius 2 is 1.88 bits per heavy atom. The minimum Gasteiger partial charge on any atom is -0.497 e. The topological polar surface area (TPSA) is 80.8 Å². The number of aromatic nitrogens is 4. The second-order valence-electron chi connectivity index (χ2n) is 5.82. The largest absolute Gasteiger partial charge is 0.497 e. The zero-order chi connectivity index (χ0) is 18.1. The number of para-hydroxylation sites is 1. The van der Waals surface area contributed by atoms with Gasteiger partial charge in [0.2, 0.25) is 5.16 Å². The van der Waals surface area contributed by atoms with E-state index in [1.807, 2.05) is 31.2 Å². The Balaban J connectivity index is 1.57. The first kappa shape index (κ1) is 16.5. The van der Waals surface area contributed by atoms with Crippen LogP contribution in [-0.2, 0) is 0 Å². The number of benzene rings is 2. The van der Waals surface area contributed by atoms with Crippen LogP contribution in [0.15, 0.2) is 53.7 Å². The minimum atomic E-state index is -0.327. The summed E-state index contributed by atoms with van der Waals surface area (Å²) in [5.74, 6) is 0.733. The molecule has 7 heteroatoms. The number of nitrogens with one attached hydrogen (secondary N) is 1. The molecule has 0 aliphatic heterocycles.